The van der Waals surface area contributed by atoms with Gasteiger partial charge >= 0.3 is 5.97 Å². The number of β-lactam (4-membered cyclic amide) rings is 1. The van der Waals surface area contributed by atoms with Gasteiger partial charge in [0, 0.05) is 22.3 Å². The van der Waals surface area contributed by atoms with Crippen LogP contribution in [-0.4, -0.2) is 69.8 Å². The van der Waals surface area contributed by atoms with Crippen molar-refractivity contribution in [2.75, 3.05) is 12.0 Å². The van der Waals surface area contributed by atoms with Crippen LogP contribution < -0.4 is 9.37 Å². The van der Waals surface area contributed by atoms with Crippen molar-refractivity contribution in [1.29, 1.82) is 0 Å². The van der Waals surface area contributed by atoms with E-state index in [-0.39, 0.29) is 36.8 Å². The van der Waals surface area contributed by atoms with E-state index < -0.39 is 44.3 Å². The third-order valence-corrected chi connectivity index (χ3v) is 11.3. The number of hydrogen-bond donors (Lipinski definition) is 3. The lowest BCUT2D eigenvalue weighted by molar-refractivity contribution is -0.150. The van der Waals surface area contributed by atoms with E-state index in [0.29, 0.717) is 4.88 Å². The van der Waals surface area contributed by atoms with Gasteiger partial charge in [-0.2, -0.15) is 12.6 Å². The Morgan fingerprint density at radius 1 is 1.33 bits per heavy atom. The Labute approximate surface area is 208 Å². The zero-order chi connectivity index (χ0) is 24.1. The maximum Gasteiger partial charge on any atom is 0.352 e. The molecule has 3 unspecified atom stereocenters. The number of thioether (sulfide) groups is 1. The van der Waals surface area contributed by atoms with E-state index in [0.717, 1.165) is 45.2 Å². The molecule has 0 bridgehead atoms. The summed E-state index contributed by atoms with van der Waals surface area (Å²) in [4.78, 5) is 50.1. The molecule has 11 nitrogen and oxygen atoms in total. The number of carboxylic acids is 1. The number of nitrogens with zero attached hydrogens (tertiary/aromatic N) is 3. The van der Waals surface area contributed by atoms with E-state index in [2.05, 4.69) is 28.1 Å². The summed E-state index contributed by atoms with van der Waals surface area (Å²) in [5.41, 5.74) is 0.0193. The zero-order valence-electron chi connectivity index (χ0n) is 16.5. The Morgan fingerprint density at radius 2 is 2.06 bits per heavy atom. The van der Waals surface area contributed by atoms with Gasteiger partial charge in [-0.3, -0.25) is 19.3 Å². The standard InChI is InChI=1S/C16H14N4O7S6/c1-33(26,27)15-19-18-11(32-15)10(28)6-4-29-13-8(12(22)20(13)9(6)14(23)24)17-7(21)2-5-3-30-16(25)31-5/h3,8,10,13,28H,2,4H2,1H3,(H,17,21)(H,23,24). The number of rotatable bonds is 7. The fraction of sp³-hybridized carbons (Fsp3) is 0.375. The summed E-state index contributed by atoms with van der Waals surface area (Å²) in [6.45, 7) is 0. The van der Waals surface area contributed by atoms with Gasteiger partial charge in [0.05, 0.1) is 11.7 Å². The molecule has 17 heteroatoms. The predicted octanol–water partition coefficient (Wildman–Crippen LogP) is 0.377. The van der Waals surface area contributed by atoms with Crippen molar-refractivity contribution >= 4 is 86.0 Å². The van der Waals surface area contributed by atoms with E-state index in [1.54, 1.807) is 5.38 Å². The third-order valence-electron chi connectivity index (χ3n) is 4.66. The van der Waals surface area contributed by atoms with Crippen molar-refractivity contribution in [3.8, 4) is 0 Å². The summed E-state index contributed by atoms with van der Waals surface area (Å²) in [6, 6.07) is -0.898. The molecule has 176 valence electrons. The van der Waals surface area contributed by atoms with Crippen LogP contribution in [0.2, 0.25) is 0 Å². The quantitative estimate of drug-likeness (QED) is 0.315. The van der Waals surface area contributed by atoms with Gasteiger partial charge in [-0.1, -0.05) is 34.0 Å². The predicted molar refractivity (Wildman–Crippen MR) is 127 cm³/mol. The number of nitrogens with one attached hydrogen (secondary N) is 1. The molecule has 2 aromatic heterocycles. The molecule has 3 atom stereocenters. The van der Waals surface area contributed by atoms with E-state index in [1.807, 2.05) is 0 Å². The zero-order valence-corrected chi connectivity index (χ0v) is 21.4. The Morgan fingerprint density at radius 3 is 2.64 bits per heavy atom. The molecule has 33 heavy (non-hydrogen) atoms. The number of aliphatic carboxylic acids is 1. The number of thiol groups is 1. The summed E-state index contributed by atoms with van der Waals surface area (Å²) >= 11 is 8.43. The monoisotopic (exact) mass is 566 g/mol. The fourth-order valence-electron chi connectivity index (χ4n) is 3.21. The van der Waals surface area contributed by atoms with Crippen LogP contribution in [0.4, 0.5) is 0 Å². The molecule has 2 aliphatic rings. The van der Waals surface area contributed by atoms with Crippen LogP contribution in [0.15, 0.2) is 25.8 Å². The van der Waals surface area contributed by atoms with Gasteiger partial charge in [-0.05, 0) is 5.57 Å². The van der Waals surface area contributed by atoms with Crippen LogP contribution in [0.25, 0.3) is 0 Å². The number of carbonyl (C=O) groups is 3. The Balaban J connectivity index is 1.54. The van der Waals surface area contributed by atoms with Crippen molar-refractivity contribution in [3.05, 3.63) is 35.4 Å². The molecule has 0 saturated carbocycles. The normalized spacial score (nSPS) is 21.4. The summed E-state index contributed by atoms with van der Waals surface area (Å²) in [6.07, 6.45) is 0.940. The average molecular weight is 567 g/mol. The second-order valence-electron chi connectivity index (χ2n) is 6.95. The molecule has 2 aliphatic heterocycles. The number of carboxylic acid groups (broad SMARTS) is 1. The van der Waals surface area contributed by atoms with Gasteiger partial charge in [0.2, 0.25) is 20.1 Å². The van der Waals surface area contributed by atoms with Crippen molar-refractivity contribution < 1.29 is 27.9 Å². The lowest BCUT2D eigenvalue weighted by atomic mass is 10.0. The van der Waals surface area contributed by atoms with Crippen molar-refractivity contribution in [3.63, 3.8) is 0 Å². The molecule has 4 heterocycles. The summed E-state index contributed by atoms with van der Waals surface area (Å²) in [5, 5.41) is 20.2. The lowest BCUT2D eigenvalue weighted by Crippen LogP contribution is -2.70. The van der Waals surface area contributed by atoms with Gasteiger partial charge in [0.15, 0.2) is 0 Å². The molecule has 2 amide bonds. The second-order valence-corrected chi connectivity index (χ2v) is 14.0. The van der Waals surface area contributed by atoms with E-state index in [4.69, 9.17) is 0 Å². The van der Waals surface area contributed by atoms with Gasteiger partial charge in [-0.25, -0.2) is 13.2 Å². The van der Waals surface area contributed by atoms with Gasteiger partial charge < -0.3 is 10.4 Å². The molecular weight excluding hydrogens is 553 g/mol. The highest BCUT2D eigenvalue weighted by atomic mass is 32.2. The van der Waals surface area contributed by atoms with Crippen LogP contribution in [-0.2, 0) is 30.6 Å². The minimum absolute atomic E-state index is 0.0458. The molecular formula is C16H14N4O7S6. The smallest absolute Gasteiger partial charge is 0.352 e. The first-order valence-electron chi connectivity index (χ1n) is 8.96. The number of amides is 2. The average Bonchev–Trinajstić information content (AvgIpc) is 3.39. The molecule has 0 radical (unpaired) electrons. The molecule has 2 N–H and O–H groups in total. The van der Waals surface area contributed by atoms with Gasteiger partial charge in [0.25, 0.3) is 9.96 Å². The first-order chi connectivity index (χ1) is 15.5. The highest BCUT2D eigenvalue weighted by molar-refractivity contribution is 8.00. The SMILES string of the molecule is CS(=O)(=O)c1nnc(C(S)C2=C(C(=O)O)N3C(=O)C(NC(=O)Cc4csc(=O)s4)C3SC2)s1. The number of fused-ring (bicyclic) bond motifs is 1. The summed E-state index contributed by atoms with van der Waals surface area (Å²) in [7, 11) is -3.58. The van der Waals surface area contributed by atoms with Crippen LogP contribution in [0.5, 0.6) is 0 Å². The Bertz CT molecular complexity index is 1340. The maximum atomic E-state index is 12.8. The molecule has 0 aliphatic carbocycles. The first kappa shape index (κ1) is 24.3. The van der Waals surface area contributed by atoms with Crippen molar-refractivity contribution in [2.24, 2.45) is 0 Å². The van der Waals surface area contributed by atoms with Crippen LogP contribution in [0.3, 0.4) is 0 Å². The van der Waals surface area contributed by atoms with Gasteiger partial charge in [-0.15, -0.1) is 22.0 Å². The van der Waals surface area contributed by atoms with E-state index >= 15 is 0 Å². The summed E-state index contributed by atoms with van der Waals surface area (Å²) in [5.74, 6) is -2.19. The number of hydrogen-bond acceptors (Lipinski definition) is 13. The minimum Gasteiger partial charge on any atom is -0.477 e. The maximum absolute atomic E-state index is 12.8. The van der Waals surface area contributed by atoms with Gasteiger partial charge in [0.1, 0.15) is 22.1 Å². The molecule has 0 aromatic carbocycles. The number of carbonyl (C=O) groups excluding carboxylic acids is 2. The first-order valence-corrected chi connectivity index (χ1v) is 14.9. The van der Waals surface area contributed by atoms with E-state index in [9.17, 15) is 32.7 Å². The summed E-state index contributed by atoms with van der Waals surface area (Å²) < 4.78 is 23.0. The van der Waals surface area contributed by atoms with Crippen LogP contribution in [0.1, 0.15) is 15.1 Å². The lowest BCUT2D eigenvalue weighted by Gasteiger charge is -2.49. The Kier molecular flexibility index (Phi) is 6.71. The topological polar surface area (TPSA) is 164 Å². The third kappa shape index (κ3) is 4.74. The highest BCUT2D eigenvalue weighted by Crippen LogP contribution is 2.45. The molecule has 4 rings (SSSR count). The van der Waals surface area contributed by atoms with Crippen LogP contribution in [0, 0.1) is 0 Å². The van der Waals surface area contributed by atoms with Crippen molar-refractivity contribution in [2.45, 2.75) is 27.4 Å². The van der Waals surface area contributed by atoms with Crippen molar-refractivity contribution in [1.82, 2.24) is 20.4 Å². The van der Waals surface area contributed by atoms with E-state index in [1.165, 1.54) is 11.8 Å². The minimum atomic E-state index is -3.58. The second kappa shape index (κ2) is 9.10. The highest BCUT2D eigenvalue weighted by Gasteiger charge is 2.54. The largest absolute Gasteiger partial charge is 0.477 e. The Hall–Kier alpha value is -1.79. The molecule has 1 saturated heterocycles. The number of aromatic nitrogens is 2. The van der Waals surface area contributed by atoms with Crippen LogP contribution >= 0.6 is 58.4 Å². The number of sulfone groups is 1. The molecule has 2 aromatic rings. The fourth-order valence-corrected chi connectivity index (χ4v) is 8.52. The molecule has 0 spiro atoms. The molecule has 1 fully saturated rings.